The Hall–Kier alpha value is -2.73. The van der Waals surface area contributed by atoms with Gasteiger partial charge in [-0.15, -0.1) is 0 Å². The molecule has 3 heterocycles. The predicted molar refractivity (Wildman–Crippen MR) is 107 cm³/mol. The van der Waals surface area contributed by atoms with Crippen LogP contribution in [0.2, 0.25) is 0 Å². The van der Waals surface area contributed by atoms with Crippen molar-refractivity contribution >= 4 is 22.9 Å². The quantitative estimate of drug-likeness (QED) is 0.677. The first-order valence-corrected chi connectivity index (χ1v) is 9.65. The van der Waals surface area contributed by atoms with Gasteiger partial charge in [-0.3, -0.25) is 15.1 Å². The Labute approximate surface area is 159 Å². The smallest absolute Gasteiger partial charge is 0.226 e. The maximum atomic E-state index is 12.5. The number of carbonyl (C=O) groups is 1. The van der Waals surface area contributed by atoms with Crippen LogP contribution < -0.4 is 10.6 Å². The summed E-state index contributed by atoms with van der Waals surface area (Å²) in [6.45, 7) is 2.81. The van der Waals surface area contributed by atoms with E-state index in [4.69, 9.17) is 0 Å². The third-order valence-corrected chi connectivity index (χ3v) is 5.17. The van der Waals surface area contributed by atoms with E-state index >= 15 is 0 Å². The van der Waals surface area contributed by atoms with Crippen molar-refractivity contribution in [2.24, 2.45) is 5.92 Å². The highest BCUT2D eigenvalue weighted by Gasteiger charge is 2.17. The Morgan fingerprint density at radius 2 is 2.11 bits per heavy atom. The number of nitrogens with zero attached hydrogens (tertiary/aromatic N) is 3. The molecular weight excluding hydrogens is 338 g/mol. The highest BCUT2D eigenvalue weighted by Crippen LogP contribution is 2.21. The fourth-order valence-corrected chi connectivity index (χ4v) is 3.65. The van der Waals surface area contributed by atoms with Gasteiger partial charge in [-0.25, -0.2) is 4.98 Å². The number of fused-ring (bicyclic) bond motifs is 1. The molecule has 2 aromatic heterocycles. The third-order valence-electron chi connectivity index (χ3n) is 5.17. The molecule has 3 aromatic rings. The van der Waals surface area contributed by atoms with E-state index in [1.165, 1.54) is 0 Å². The van der Waals surface area contributed by atoms with Gasteiger partial charge in [-0.2, -0.15) is 0 Å². The number of nitrogens with one attached hydrogen (secondary N) is 2. The van der Waals surface area contributed by atoms with E-state index in [9.17, 15) is 4.79 Å². The Bertz CT molecular complexity index is 899. The molecule has 6 heteroatoms. The number of hydrogen-bond donors (Lipinski definition) is 2. The Kier molecular flexibility index (Phi) is 5.44. The number of amides is 1. The average molecular weight is 363 g/mol. The number of pyridine rings is 1. The molecule has 140 valence electrons. The summed E-state index contributed by atoms with van der Waals surface area (Å²) in [4.78, 5) is 21.5. The minimum absolute atomic E-state index is 0.0382. The van der Waals surface area contributed by atoms with Crippen LogP contribution in [0.25, 0.3) is 11.0 Å². The molecule has 1 aliphatic rings. The van der Waals surface area contributed by atoms with Gasteiger partial charge in [0.2, 0.25) is 11.9 Å². The number of hydrogen-bond acceptors (Lipinski definition) is 4. The maximum absolute atomic E-state index is 12.5. The summed E-state index contributed by atoms with van der Waals surface area (Å²) < 4.78 is 2.08. The van der Waals surface area contributed by atoms with Crippen LogP contribution in [0, 0.1) is 5.92 Å². The van der Waals surface area contributed by atoms with Crippen LogP contribution in [-0.4, -0.2) is 33.5 Å². The van der Waals surface area contributed by atoms with Crippen LogP contribution in [-0.2, 0) is 17.8 Å². The van der Waals surface area contributed by atoms with Crippen molar-refractivity contribution in [3.05, 3.63) is 54.4 Å². The topological polar surface area (TPSA) is 71.8 Å². The molecule has 1 saturated heterocycles. The third kappa shape index (κ3) is 4.34. The largest absolute Gasteiger partial charge is 0.316 e. The SMILES string of the molecule is O=C(CCC1CCNC1)Nc1nc2ccccc2n1CCc1ccccn1. The highest BCUT2D eigenvalue weighted by molar-refractivity contribution is 5.91. The number of aromatic nitrogens is 3. The molecular formula is C21H25N5O. The molecule has 6 nitrogen and oxygen atoms in total. The van der Waals surface area contributed by atoms with E-state index in [2.05, 4.69) is 25.2 Å². The molecule has 27 heavy (non-hydrogen) atoms. The van der Waals surface area contributed by atoms with E-state index < -0.39 is 0 Å². The zero-order valence-corrected chi connectivity index (χ0v) is 15.4. The van der Waals surface area contributed by atoms with Gasteiger partial charge in [0.25, 0.3) is 0 Å². The van der Waals surface area contributed by atoms with Crippen LogP contribution in [0.1, 0.15) is 25.0 Å². The summed E-state index contributed by atoms with van der Waals surface area (Å²) in [6, 6.07) is 13.9. The lowest BCUT2D eigenvalue weighted by atomic mass is 10.0. The fourth-order valence-electron chi connectivity index (χ4n) is 3.65. The molecule has 0 saturated carbocycles. The van der Waals surface area contributed by atoms with Crippen LogP contribution in [0.4, 0.5) is 5.95 Å². The van der Waals surface area contributed by atoms with Gasteiger partial charge in [0.05, 0.1) is 11.0 Å². The number of rotatable bonds is 7. The number of benzene rings is 1. The van der Waals surface area contributed by atoms with Gasteiger partial charge in [0.1, 0.15) is 0 Å². The van der Waals surface area contributed by atoms with Crippen molar-refractivity contribution < 1.29 is 4.79 Å². The lowest BCUT2D eigenvalue weighted by molar-refractivity contribution is -0.116. The molecule has 0 bridgehead atoms. The van der Waals surface area contributed by atoms with Gasteiger partial charge in [0.15, 0.2) is 0 Å². The minimum Gasteiger partial charge on any atom is -0.316 e. The van der Waals surface area contributed by atoms with Crippen molar-refractivity contribution in [1.29, 1.82) is 0 Å². The first kappa shape index (κ1) is 17.7. The zero-order valence-electron chi connectivity index (χ0n) is 15.4. The second-order valence-corrected chi connectivity index (χ2v) is 7.09. The number of carbonyl (C=O) groups excluding carboxylic acids is 1. The molecule has 0 aliphatic carbocycles. The summed E-state index contributed by atoms with van der Waals surface area (Å²) in [7, 11) is 0. The predicted octanol–water partition coefficient (Wildman–Crippen LogP) is 3.00. The summed E-state index contributed by atoms with van der Waals surface area (Å²) in [6.07, 6.45) is 5.22. The zero-order chi connectivity index (χ0) is 18.5. The monoisotopic (exact) mass is 363 g/mol. The van der Waals surface area contributed by atoms with Crippen molar-refractivity contribution in [3.8, 4) is 0 Å². The molecule has 1 atom stereocenters. The van der Waals surface area contributed by atoms with E-state index in [-0.39, 0.29) is 5.91 Å². The molecule has 0 radical (unpaired) electrons. The first-order valence-electron chi connectivity index (χ1n) is 9.65. The minimum atomic E-state index is 0.0382. The van der Waals surface area contributed by atoms with Crippen LogP contribution in [0.3, 0.4) is 0 Å². The van der Waals surface area contributed by atoms with Gasteiger partial charge in [0, 0.05) is 31.3 Å². The van der Waals surface area contributed by atoms with Crippen molar-refractivity contribution in [2.45, 2.75) is 32.2 Å². The number of aryl methyl sites for hydroxylation is 2. The molecule has 4 rings (SSSR count). The average Bonchev–Trinajstić information content (AvgIpc) is 3.33. The van der Waals surface area contributed by atoms with Crippen molar-refractivity contribution in [1.82, 2.24) is 19.9 Å². The van der Waals surface area contributed by atoms with E-state index in [1.54, 1.807) is 0 Å². The first-order chi connectivity index (χ1) is 13.3. The second-order valence-electron chi connectivity index (χ2n) is 7.09. The highest BCUT2D eigenvalue weighted by atomic mass is 16.1. The van der Waals surface area contributed by atoms with Crippen LogP contribution in [0.5, 0.6) is 0 Å². The van der Waals surface area contributed by atoms with Gasteiger partial charge in [-0.05, 0) is 56.1 Å². The molecule has 0 spiro atoms. The second kappa shape index (κ2) is 8.31. The van der Waals surface area contributed by atoms with Crippen molar-refractivity contribution in [3.63, 3.8) is 0 Å². The van der Waals surface area contributed by atoms with Crippen LogP contribution >= 0.6 is 0 Å². The molecule has 2 N–H and O–H groups in total. The summed E-state index contributed by atoms with van der Waals surface area (Å²) >= 11 is 0. The number of imidazole rings is 1. The fraction of sp³-hybridized carbons (Fsp3) is 0.381. The lowest BCUT2D eigenvalue weighted by Gasteiger charge is -2.11. The summed E-state index contributed by atoms with van der Waals surface area (Å²) in [5.41, 5.74) is 2.96. The Balaban J connectivity index is 1.48. The van der Waals surface area contributed by atoms with Gasteiger partial charge < -0.3 is 9.88 Å². The molecule has 1 aliphatic heterocycles. The van der Waals surface area contributed by atoms with E-state index in [0.717, 1.165) is 55.6 Å². The molecule has 1 fully saturated rings. The molecule has 1 unspecified atom stereocenters. The number of para-hydroxylation sites is 2. The standard InChI is InChI=1S/C21H25N5O/c27-20(9-8-16-10-13-22-15-16)25-21-24-18-6-1-2-7-19(18)26(21)14-11-17-5-3-4-12-23-17/h1-7,12,16,22H,8-11,13-15H2,(H,24,25,27). The van der Waals surface area contributed by atoms with Crippen LogP contribution in [0.15, 0.2) is 48.7 Å². The van der Waals surface area contributed by atoms with E-state index in [0.29, 0.717) is 18.3 Å². The van der Waals surface area contributed by atoms with E-state index in [1.807, 2.05) is 48.7 Å². The van der Waals surface area contributed by atoms with Gasteiger partial charge in [-0.1, -0.05) is 18.2 Å². The van der Waals surface area contributed by atoms with Gasteiger partial charge >= 0.3 is 0 Å². The Morgan fingerprint density at radius 3 is 2.93 bits per heavy atom. The number of anilines is 1. The van der Waals surface area contributed by atoms with Crippen molar-refractivity contribution in [2.75, 3.05) is 18.4 Å². The molecule has 1 amide bonds. The summed E-state index contributed by atoms with van der Waals surface area (Å²) in [5, 5.41) is 6.38. The molecule has 1 aromatic carbocycles. The lowest BCUT2D eigenvalue weighted by Crippen LogP contribution is -2.18. The summed E-state index contributed by atoms with van der Waals surface area (Å²) in [5.74, 6) is 1.27. The maximum Gasteiger partial charge on any atom is 0.226 e. The normalized spacial score (nSPS) is 16.7. The Morgan fingerprint density at radius 1 is 1.22 bits per heavy atom.